The van der Waals surface area contributed by atoms with Crippen LogP contribution >= 0.6 is 11.8 Å². The van der Waals surface area contributed by atoms with E-state index in [-0.39, 0.29) is 0 Å². The van der Waals surface area contributed by atoms with Crippen LogP contribution in [0.1, 0.15) is 27.0 Å². The quantitative estimate of drug-likeness (QED) is 0.896. The average molecular weight is 272 g/mol. The van der Waals surface area contributed by atoms with E-state index in [9.17, 15) is 4.79 Å². The predicted octanol–water partition coefficient (Wildman–Crippen LogP) is 4.46. The number of rotatable bonds is 3. The van der Waals surface area contributed by atoms with Crippen molar-refractivity contribution in [2.45, 2.75) is 30.6 Å². The molecule has 0 aliphatic rings. The molecule has 0 atom stereocenters. The van der Waals surface area contributed by atoms with Gasteiger partial charge in [0.15, 0.2) is 0 Å². The summed E-state index contributed by atoms with van der Waals surface area (Å²) >= 11 is 1.68. The zero-order valence-electron chi connectivity index (χ0n) is 11.2. The summed E-state index contributed by atoms with van der Waals surface area (Å²) < 4.78 is 0. The molecule has 0 amide bonds. The van der Waals surface area contributed by atoms with Gasteiger partial charge in [-0.05, 0) is 56.2 Å². The summed E-state index contributed by atoms with van der Waals surface area (Å²) in [5, 5.41) is 8.88. The van der Waals surface area contributed by atoms with Crippen molar-refractivity contribution in [3.8, 4) is 0 Å². The molecular weight excluding hydrogens is 256 g/mol. The second-order valence-electron chi connectivity index (χ2n) is 4.66. The lowest BCUT2D eigenvalue weighted by Gasteiger charge is -2.10. The van der Waals surface area contributed by atoms with Crippen LogP contribution < -0.4 is 0 Å². The molecule has 0 saturated heterocycles. The second-order valence-corrected chi connectivity index (χ2v) is 5.74. The highest BCUT2D eigenvalue weighted by molar-refractivity contribution is 7.99. The Balaban J connectivity index is 2.29. The van der Waals surface area contributed by atoms with Crippen LogP contribution in [-0.2, 0) is 0 Å². The third-order valence-electron chi connectivity index (χ3n) is 2.93. The molecule has 0 radical (unpaired) electrons. The Hall–Kier alpha value is -1.74. The van der Waals surface area contributed by atoms with Crippen molar-refractivity contribution in [1.82, 2.24) is 0 Å². The van der Waals surface area contributed by atoms with Gasteiger partial charge in [0, 0.05) is 9.79 Å². The number of aryl methyl sites for hydroxylation is 3. The Labute approximate surface area is 117 Å². The van der Waals surface area contributed by atoms with E-state index in [0.717, 1.165) is 4.90 Å². The summed E-state index contributed by atoms with van der Waals surface area (Å²) in [6, 6.07) is 11.3. The summed E-state index contributed by atoms with van der Waals surface area (Å²) in [6.45, 7) is 6.30. The van der Waals surface area contributed by atoms with Gasteiger partial charge in [0.1, 0.15) is 0 Å². The van der Waals surface area contributed by atoms with E-state index in [0.29, 0.717) is 5.56 Å². The van der Waals surface area contributed by atoms with Gasteiger partial charge in [-0.3, -0.25) is 0 Å². The number of aromatic carboxylic acids is 1. The molecule has 0 aliphatic heterocycles. The predicted molar refractivity (Wildman–Crippen MR) is 78.2 cm³/mol. The number of benzene rings is 2. The smallest absolute Gasteiger partial charge is 0.335 e. The van der Waals surface area contributed by atoms with E-state index in [2.05, 4.69) is 32.9 Å². The highest BCUT2D eigenvalue weighted by Gasteiger charge is 2.07. The molecule has 2 aromatic rings. The Morgan fingerprint density at radius 2 is 1.53 bits per heavy atom. The molecule has 1 N–H and O–H groups in total. The second kappa shape index (κ2) is 5.49. The van der Waals surface area contributed by atoms with Crippen molar-refractivity contribution in [1.29, 1.82) is 0 Å². The maximum absolute atomic E-state index is 10.8. The zero-order valence-corrected chi connectivity index (χ0v) is 12.0. The molecule has 19 heavy (non-hydrogen) atoms. The number of carboxylic acid groups (broad SMARTS) is 1. The van der Waals surface area contributed by atoms with Crippen molar-refractivity contribution in [3.05, 3.63) is 58.7 Å². The standard InChI is InChI=1S/C16H16O2S/c1-10-8-11(2)15(12(3)9-10)19-14-6-4-13(5-7-14)16(17)18/h4-9H,1-3H3,(H,17,18). The van der Waals surface area contributed by atoms with Gasteiger partial charge in [-0.2, -0.15) is 0 Å². The third-order valence-corrected chi connectivity index (χ3v) is 4.28. The largest absolute Gasteiger partial charge is 0.478 e. The van der Waals surface area contributed by atoms with Crippen molar-refractivity contribution >= 4 is 17.7 Å². The number of carboxylic acids is 1. The Kier molecular flexibility index (Phi) is 3.96. The minimum absolute atomic E-state index is 0.321. The highest BCUT2D eigenvalue weighted by Crippen LogP contribution is 2.33. The van der Waals surface area contributed by atoms with Gasteiger partial charge < -0.3 is 5.11 Å². The molecular formula is C16H16O2S. The van der Waals surface area contributed by atoms with Crippen molar-refractivity contribution in [2.75, 3.05) is 0 Å². The molecule has 2 aromatic carbocycles. The molecule has 0 aromatic heterocycles. The van der Waals surface area contributed by atoms with E-state index in [1.807, 2.05) is 12.1 Å². The minimum Gasteiger partial charge on any atom is -0.478 e. The van der Waals surface area contributed by atoms with Crippen molar-refractivity contribution < 1.29 is 9.90 Å². The van der Waals surface area contributed by atoms with E-state index < -0.39 is 5.97 Å². The molecule has 2 rings (SSSR count). The topological polar surface area (TPSA) is 37.3 Å². The van der Waals surface area contributed by atoms with Crippen LogP contribution in [0.15, 0.2) is 46.2 Å². The van der Waals surface area contributed by atoms with Gasteiger partial charge in [0.05, 0.1) is 5.56 Å². The van der Waals surface area contributed by atoms with Crippen LogP contribution in [0.25, 0.3) is 0 Å². The lowest BCUT2D eigenvalue weighted by Crippen LogP contribution is -1.95. The van der Waals surface area contributed by atoms with Gasteiger partial charge in [-0.15, -0.1) is 0 Å². The SMILES string of the molecule is Cc1cc(C)c(Sc2ccc(C(=O)O)cc2)c(C)c1. The Bertz CT molecular complexity index is 592. The summed E-state index contributed by atoms with van der Waals surface area (Å²) in [7, 11) is 0. The molecule has 0 spiro atoms. The summed E-state index contributed by atoms with van der Waals surface area (Å²) in [5.41, 5.74) is 4.09. The molecule has 98 valence electrons. The van der Waals surface area contributed by atoms with Crippen LogP contribution in [0.3, 0.4) is 0 Å². The maximum Gasteiger partial charge on any atom is 0.335 e. The van der Waals surface area contributed by atoms with Gasteiger partial charge in [-0.1, -0.05) is 29.5 Å². The molecule has 2 nitrogen and oxygen atoms in total. The molecule has 0 unspecified atom stereocenters. The van der Waals surface area contributed by atoms with Crippen molar-refractivity contribution in [2.24, 2.45) is 0 Å². The zero-order chi connectivity index (χ0) is 14.0. The van der Waals surface area contributed by atoms with Gasteiger partial charge in [-0.25, -0.2) is 4.79 Å². The average Bonchev–Trinajstić information content (AvgIpc) is 2.34. The molecule has 3 heteroatoms. The summed E-state index contributed by atoms with van der Waals surface area (Å²) in [6.07, 6.45) is 0. The molecule has 0 aliphatic carbocycles. The summed E-state index contributed by atoms with van der Waals surface area (Å²) in [5.74, 6) is -0.890. The molecule has 0 bridgehead atoms. The van der Waals surface area contributed by atoms with Crippen LogP contribution in [0.2, 0.25) is 0 Å². The van der Waals surface area contributed by atoms with Crippen LogP contribution in [0.5, 0.6) is 0 Å². The van der Waals surface area contributed by atoms with E-state index >= 15 is 0 Å². The first kappa shape index (κ1) is 13.7. The van der Waals surface area contributed by atoms with Crippen molar-refractivity contribution in [3.63, 3.8) is 0 Å². The first-order chi connectivity index (χ1) is 8.97. The van der Waals surface area contributed by atoms with Gasteiger partial charge in [0.2, 0.25) is 0 Å². The third kappa shape index (κ3) is 3.18. The van der Waals surface area contributed by atoms with Gasteiger partial charge in [0.25, 0.3) is 0 Å². The van der Waals surface area contributed by atoms with Gasteiger partial charge >= 0.3 is 5.97 Å². The normalized spacial score (nSPS) is 10.5. The lowest BCUT2D eigenvalue weighted by atomic mass is 10.1. The molecule has 0 saturated carbocycles. The summed E-state index contributed by atoms with van der Waals surface area (Å²) in [4.78, 5) is 13.1. The first-order valence-corrected chi connectivity index (χ1v) is 6.88. The maximum atomic E-state index is 10.8. The Morgan fingerprint density at radius 3 is 2.00 bits per heavy atom. The lowest BCUT2D eigenvalue weighted by molar-refractivity contribution is 0.0697. The molecule has 0 heterocycles. The monoisotopic (exact) mass is 272 g/mol. The minimum atomic E-state index is -0.890. The fourth-order valence-corrected chi connectivity index (χ4v) is 3.06. The molecule has 0 fully saturated rings. The van der Waals surface area contributed by atoms with E-state index in [1.165, 1.54) is 21.6 Å². The number of hydrogen-bond donors (Lipinski definition) is 1. The fraction of sp³-hybridized carbons (Fsp3) is 0.188. The number of hydrogen-bond acceptors (Lipinski definition) is 2. The van der Waals surface area contributed by atoms with Crippen LogP contribution in [-0.4, -0.2) is 11.1 Å². The van der Waals surface area contributed by atoms with E-state index in [4.69, 9.17) is 5.11 Å². The van der Waals surface area contributed by atoms with Crippen LogP contribution in [0.4, 0.5) is 0 Å². The van der Waals surface area contributed by atoms with E-state index in [1.54, 1.807) is 23.9 Å². The first-order valence-electron chi connectivity index (χ1n) is 6.06. The number of carbonyl (C=O) groups is 1. The fourth-order valence-electron chi connectivity index (χ4n) is 2.11. The van der Waals surface area contributed by atoms with Crippen LogP contribution in [0, 0.1) is 20.8 Å². The Morgan fingerprint density at radius 1 is 1.00 bits per heavy atom. The highest BCUT2D eigenvalue weighted by atomic mass is 32.2.